The highest BCUT2D eigenvalue weighted by Gasteiger charge is 2.17. The molecule has 2 aromatic rings. The Labute approximate surface area is 157 Å². The summed E-state index contributed by atoms with van der Waals surface area (Å²) >= 11 is 12.3. The van der Waals surface area contributed by atoms with E-state index in [0.717, 1.165) is 0 Å². The van der Waals surface area contributed by atoms with Crippen molar-refractivity contribution in [2.24, 2.45) is 0 Å². The van der Waals surface area contributed by atoms with Gasteiger partial charge in [-0.1, -0.05) is 29.3 Å². The number of anilines is 1. The van der Waals surface area contributed by atoms with Crippen LogP contribution in [-0.2, 0) is 10.7 Å². The number of halogens is 2. The molecule has 2 amide bonds. The van der Waals surface area contributed by atoms with Crippen LogP contribution >= 0.6 is 23.2 Å². The summed E-state index contributed by atoms with van der Waals surface area (Å²) in [6, 6.07) is 8.33. The van der Waals surface area contributed by atoms with Crippen molar-refractivity contribution >= 4 is 45.6 Å². The van der Waals surface area contributed by atoms with E-state index in [0.29, 0.717) is 22.0 Å². The zero-order chi connectivity index (χ0) is 18.6. The maximum absolute atomic E-state index is 12.1. The highest BCUT2D eigenvalue weighted by Crippen LogP contribution is 2.36. The molecule has 0 spiro atoms. The summed E-state index contributed by atoms with van der Waals surface area (Å²) in [7, 11) is -1.16. The van der Waals surface area contributed by atoms with Crippen LogP contribution < -0.4 is 15.4 Å². The second-order valence-corrected chi connectivity index (χ2v) is 6.90. The minimum atomic E-state index is -2.65. The third-order valence-electron chi connectivity index (χ3n) is 3.45. The van der Waals surface area contributed by atoms with Crippen LogP contribution in [0.25, 0.3) is 0 Å². The topological polar surface area (TPSA) is 84.5 Å². The van der Waals surface area contributed by atoms with Crippen molar-refractivity contribution < 1.29 is 17.9 Å². The lowest BCUT2D eigenvalue weighted by molar-refractivity contribution is 0.249. The first-order chi connectivity index (χ1) is 11.8. The third kappa shape index (κ3) is 4.78. The van der Waals surface area contributed by atoms with Crippen LogP contribution in [0.3, 0.4) is 0 Å². The van der Waals surface area contributed by atoms with E-state index in [2.05, 4.69) is 10.6 Å². The van der Waals surface area contributed by atoms with Crippen LogP contribution in [0.15, 0.2) is 41.3 Å². The number of nitrogens with one attached hydrogen (secondary N) is 2. The standard InChI is InChI=1S/C16H16Cl2N2O4S/c1-9(12-7-8-13(24-2)15(18)14(12)17)19-16(21)20-10-3-5-11(6-4-10)25(22)23/h3-9,25H,1-2H3,(H2,19,20,21)/t9-/m0/s1. The molecule has 134 valence electrons. The van der Waals surface area contributed by atoms with Crippen molar-refractivity contribution in [2.75, 3.05) is 12.4 Å². The van der Waals surface area contributed by atoms with Crippen molar-refractivity contribution in [3.05, 3.63) is 52.0 Å². The number of hydrogen-bond donors (Lipinski definition) is 3. The molecule has 2 aromatic carbocycles. The summed E-state index contributed by atoms with van der Waals surface area (Å²) in [5.41, 5.74) is 1.10. The van der Waals surface area contributed by atoms with Crippen molar-refractivity contribution in [2.45, 2.75) is 17.9 Å². The Kier molecular flexibility index (Phi) is 6.52. The average molecular weight is 403 g/mol. The Bertz CT molecular complexity index is 846. The number of carbonyl (C=O) groups is 1. The van der Waals surface area contributed by atoms with Gasteiger partial charge in [0.05, 0.1) is 23.1 Å². The molecule has 25 heavy (non-hydrogen) atoms. The number of carbonyl (C=O) groups excluding carboxylic acids is 1. The van der Waals surface area contributed by atoms with E-state index < -0.39 is 22.8 Å². The number of methoxy groups -OCH3 is 1. The van der Waals surface area contributed by atoms with Gasteiger partial charge in [-0.2, -0.15) is 0 Å². The SMILES string of the molecule is COc1ccc([C@H](C)NC(=O)Nc2ccc([SH](=O)=O)cc2)c(Cl)c1Cl. The predicted octanol–water partition coefficient (Wildman–Crippen LogP) is 3.86. The van der Waals surface area contributed by atoms with E-state index in [9.17, 15) is 13.2 Å². The summed E-state index contributed by atoms with van der Waals surface area (Å²) < 4.78 is 26.8. The van der Waals surface area contributed by atoms with Crippen LogP contribution in [0.5, 0.6) is 5.75 Å². The smallest absolute Gasteiger partial charge is 0.319 e. The van der Waals surface area contributed by atoms with E-state index in [1.165, 1.54) is 31.4 Å². The minimum absolute atomic E-state index is 0.175. The van der Waals surface area contributed by atoms with Gasteiger partial charge in [0.2, 0.25) is 0 Å². The van der Waals surface area contributed by atoms with Gasteiger partial charge >= 0.3 is 6.03 Å². The van der Waals surface area contributed by atoms with Crippen LogP contribution in [0.2, 0.25) is 10.0 Å². The van der Waals surface area contributed by atoms with Gasteiger partial charge in [0, 0.05) is 5.69 Å². The van der Waals surface area contributed by atoms with Crippen molar-refractivity contribution in [1.29, 1.82) is 0 Å². The van der Waals surface area contributed by atoms with Gasteiger partial charge in [-0.15, -0.1) is 0 Å². The zero-order valence-electron chi connectivity index (χ0n) is 13.4. The van der Waals surface area contributed by atoms with Gasteiger partial charge in [-0.05, 0) is 42.8 Å². The first-order valence-corrected chi connectivity index (χ1v) is 9.10. The van der Waals surface area contributed by atoms with Crippen molar-refractivity contribution in [1.82, 2.24) is 5.32 Å². The molecule has 0 aromatic heterocycles. The number of urea groups is 1. The predicted molar refractivity (Wildman–Crippen MR) is 98.6 cm³/mol. The molecular weight excluding hydrogens is 387 g/mol. The average Bonchev–Trinajstić information content (AvgIpc) is 2.57. The fourth-order valence-corrected chi connectivity index (χ4v) is 3.11. The van der Waals surface area contributed by atoms with Gasteiger partial charge in [0.1, 0.15) is 10.8 Å². The highest BCUT2D eigenvalue weighted by molar-refractivity contribution is 7.72. The highest BCUT2D eigenvalue weighted by atomic mass is 35.5. The number of rotatable bonds is 5. The molecule has 0 unspecified atom stereocenters. The fourth-order valence-electron chi connectivity index (χ4n) is 2.15. The van der Waals surface area contributed by atoms with Crippen LogP contribution in [0.4, 0.5) is 10.5 Å². The molecule has 0 radical (unpaired) electrons. The van der Waals surface area contributed by atoms with Crippen LogP contribution in [0, 0.1) is 0 Å². The van der Waals surface area contributed by atoms with Crippen LogP contribution in [-0.4, -0.2) is 21.6 Å². The Balaban J connectivity index is 2.06. The molecule has 0 aliphatic heterocycles. The number of hydrogen-bond acceptors (Lipinski definition) is 4. The Morgan fingerprint density at radius 1 is 1.08 bits per heavy atom. The molecule has 2 N–H and O–H groups in total. The van der Waals surface area contributed by atoms with Crippen LogP contribution in [0.1, 0.15) is 18.5 Å². The van der Waals surface area contributed by atoms with E-state index in [-0.39, 0.29) is 9.92 Å². The molecule has 0 saturated heterocycles. The lowest BCUT2D eigenvalue weighted by Crippen LogP contribution is -2.31. The fraction of sp³-hybridized carbons (Fsp3) is 0.188. The summed E-state index contributed by atoms with van der Waals surface area (Å²) in [4.78, 5) is 12.3. The molecule has 0 aliphatic carbocycles. The molecule has 0 bridgehead atoms. The van der Waals surface area contributed by atoms with E-state index in [1.807, 2.05) is 0 Å². The normalized spacial score (nSPS) is 11.9. The monoisotopic (exact) mass is 402 g/mol. The summed E-state index contributed by atoms with van der Waals surface area (Å²) in [5, 5.41) is 5.93. The maximum Gasteiger partial charge on any atom is 0.319 e. The zero-order valence-corrected chi connectivity index (χ0v) is 15.8. The second-order valence-electron chi connectivity index (χ2n) is 5.11. The molecule has 1 atom stereocenters. The maximum atomic E-state index is 12.1. The number of amides is 2. The van der Waals surface area contributed by atoms with E-state index in [1.54, 1.807) is 19.1 Å². The number of ether oxygens (including phenoxy) is 1. The van der Waals surface area contributed by atoms with Gasteiger partial charge in [0.25, 0.3) is 0 Å². The Morgan fingerprint density at radius 2 is 1.72 bits per heavy atom. The molecule has 6 nitrogen and oxygen atoms in total. The van der Waals surface area contributed by atoms with Gasteiger partial charge in [-0.25, -0.2) is 13.2 Å². The molecule has 9 heteroatoms. The molecule has 2 rings (SSSR count). The summed E-state index contributed by atoms with van der Waals surface area (Å²) in [6.45, 7) is 1.76. The van der Waals surface area contributed by atoms with E-state index >= 15 is 0 Å². The Morgan fingerprint density at radius 3 is 2.28 bits per heavy atom. The molecule has 0 heterocycles. The van der Waals surface area contributed by atoms with Crippen molar-refractivity contribution in [3.8, 4) is 5.75 Å². The molecular formula is C16H16Cl2N2O4S. The largest absolute Gasteiger partial charge is 0.495 e. The number of thiol groups is 1. The molecule has 0 saturated carbocycles. The lowest BCUT2D eigenvalue weighted by Gasteiger charge is -2.18. The first-order valence-electron chi connectivity index (χ1n) is 7.17. The van der Waals surface area contributed by atoms with Gasteiger partial charge in [0.15, 0.2) is 10.7 Å². The second kappa shape index (κ2) is 8.42. The van der Waals surface area contributed by atoms with Crippen molar-refractivity contribution in [3.63, 3.8) is 0 Å². The van der Waals surface area contributed by atoms with Gasteiger partial charge < -0.3 is 15.4 Å². The third-order valence-corrected chi connectivity index (χ3v) is 5.05. The molecule has 0 fully saturated rings. The quantitative estimate of drug-likeness (QED) is 0.662. The molecule has 0 aliphatic rings. The summed E-state index contributed by atoms with van der Waals surface area (Å²) in [6.07, 6.45) is 0. The minimum Gasteiger partial charge on any atom is -0.495 e. The van der Waals surface area contributed by atoms with E-state index in [4.69, 9.17) is 27.9 Å². The van der Waals surface area contributed by atoms with Gasteiger partial charge in [-0.3, -0.25) is 0 Å². The number of benzene rings is 2. The first kappa shape index (κ1) is 19.4. The lowest BCUT2D eigenvalue weighted by atomic mass is 10.1. The summed E-state index contributed by atoms with van der Waals surface area (Å²) in [5.74, 6) is 0.448. The Hall–Kier alpha value is -1.96.